The first-order valence-corrected chi connectivity index (χ1v) is 10.1. The molecule has 2 aromatic carbocycles. The van der Waals surface area contributed by atoms with Gasteiger partial charge >= 0.3 is 0 Å². The van der Waals surface area contributed by atoms with Crippen LogP contribution >= 0.6 is 23.4 Å². The van der Waals surface area contributed by atoms with E-state index < -0.39 is 0 Å². The first-order valence-electron chi connectivity index (χ1n) is 8.66. The van der Waals surface area contributed by atoms with Crippen molar-refractivity contribution in [3.05, 3.63) is 88.7 Å². The van der Waals surface area contributed by atoms with Gasteiger partial charge in [0.1, 0.15) is 0 Å². The summed E-state index contributed by atoms with van der Waals surface area (Å²) in [6.45, 7) is 0.560. The number of aromatic nitrogens is 2. The number of thioether (sulfide) groups is 1. The molecule has 0 aliphatic rings. The maximum Gasteiger partial charge on any atom is 0.232 e. The van der Waals surface area contributed by atoms with Crippen LogP contribution in [0, 0.1) is 0 Å². The molecule has 1 amide bonds. The van der Waals surface area contributed by atoms with Gasteiger partial charge in [0.15, 0.2) is 0 Å². The molecule has 0 spiro atoms. The minimum atomic E-state index is 0.0826. The van der Waals surface area contributed by atoms with Crippen LogP contribution in [0.3, 0.4) is 0 Å². The monoisotopic (exact) mass is 399 g/mol. The second kappa shape index (κ2) is 9.11. The van der Waals surface area contributed by atoms with Gasteiger partial charge in [-0.15, -0.1) is 11.8 Å². The van der Waals surface area contributed by atoms with Gasteiger partial charge in [-0.05, 0) is 23.3 Å². The zero-order valence-electron chi connectivity index (χ0n) is 15.4. The maximum absolute atomic E-state index is 12.6. The molecule has 0 N–H and O–H groups in total. The molecule has 0 radical (unpaired) electrons. The van der Waals surface area contributed by atoms with E-state index in [0.29, 0.717) is 17.3 Å². The van der Waals surface area contributed by atoms with Crippen molar-refractivity contribution in [1.82, 2.24) is 14.7 Å². The van der Waals surface area contributed by atoms with Gasteiger partial charge in [0.05, 0.1) is 17.2 Å². The zero-order valence-corrected chi connectivity index (χ0v) is 17.0. The Morgan fingerprint density at radius 1 is 1.15 bits per heavy atom. The van der Waals surface area contributed by atoms with Gasteiger partial charge < -0.3 is 4.90 Å². The second-order valence-electron chi connectivity index (χ2n) is 6.43. The van der Waals surface area contributed by atoms with E-state index in [-0.39, 0.29) is 11.2 Å². The van der Waals surface area contributed by atoms with Crippen LogP contribution in [0.2, 0.25) is 5.02 Å². The number of rotatable bonds is 7. The third-order valence-electron chi connectivity index (χ3n) is 4.25. The van der Waals surface area contributed by atoms with Crippen LogP contribution in [0.25, 0.3) is 0 Å². The highest BCUT2D eigenvalue weighted by molar-refractivity contribution is 8.00. The van der Waals surface area contributed by atoms with Crippen molar-refractivity contribution < 1.29 is 4.79 Å². The third-order valence-corrected chi connectivity index (χ3v) is 5.80. The Morgan fingerprint density at radius 3 is 2.44 bits per heavy atom. The summed E-state index contributed by atoms with van der Waals surface area (Å²) in [5.41, 5.74) is 3.33. The number of benzene rings is 2. The highest BCUT2D eigenvalue weighted by atomic mass is 35.5. The van der Waals surface area contributed by atoms with E-state index in [4.69, 9.17) is 11.6 Å². The van der Waals surface area contributed by atoms with Crippen LogP contribution in [0.4, 0.5) is 0 Å². The lowest BCUT2D eigenvalue weighted by molar-refractivity contribution is -0.127. The van der Waals surface area contributed by atoms with Crippen molar-refractivity contribution in [2.24, 2.45) is 7.05 Å². The number of hydrogen-bond donors (Lipinski definition) is 0. The summed E-state index contributed by atoms with van der Waals surface area (Å²) in [7, 11) is 3.70. The predicted molar refractivity (Wildman–Crippen MR) is 112 cm³/mol. The van der Waals surface area contributed by atoms with E-state index in [0.717, 1.165) is 11.1 Å². The Kier molecular flexibility index (Phi) is 6.58. The van der Waals surface area contributed by atoms with E-state index in [9.17, 15) is 4.79 Å². The number of halogens is 1. The minimum Gasteiger partial charge on any atom is -0.341 e. The normalized spacial score (nSPS) is 12.0. The lowest BCUT2D eigenvalue weighted by atomic mass is 10.0. The van der Waals surface area contributed by atoms with Crippen LogP contribution in [0.1, 0.15) is 21.9 Å². The number of aryl methyl sites for hydroxylation is 1. The maximum atomic E-state index is 12.6. The van der Waals surface area contributed by atoms with Gasteiger partial charge in [0.2, 0.25) is 5.91 Å². The zero-order chi connectivity index (χ0) is 19.2. The van der Waals surface area contributed by atoms with Crippen molar-refractivity contribution in [2.45, 2.75) is 11.8 Å². The van der Waals surface area contributed by atoms with E-state index in [2.05, 4.69) is 17.2 Å². The van der Waals surface area contributed by atoms with Gasteiger partial charge in [-0.1, -0.05) is 54.1 Å². The fraction of sp³-hybridized carbons (Fsp3) is 0.238. The minimum absolute atomic E-state index is 0.0826. The van der Waals surface area contributed by atoms with Crippen molar-refractivity contribution in [1.29, 1.82) is 0 Å². The number of carbonyl (C=O) groups excluding carboxylic acids is 1. The Hall–Kier alpha value is -2.24. The molecule has 27 heavy (non-hydrogen) atoms. The Morgan fingerprint density at radius 2 is 1.81 bits per heavy atom. The van der Waals surface area contributed by atoms with Crippen LogP contribution in [0.5, 0.6) is 0 Å². The highest BCUT2D eigenvalue weighted by Gasteiger charge is 2.18. The first kappa shape index (κ1) is 19.5. The van der Waals surface area contributed by atoms with E-state index >= 15 is 0 Å². The third kappa shape index (κ3) is 5.37. The summed E-state index contributed by atoms with van der Waals surface area (Å²) in [6.07, 6.45) is 3.72. The second-order valence-corrected chi connectivity index (χ2v) is 7.96. The first-order chi connectivity index (χ1) is 13.0. The fourth-order valence-electron chi connectivity index (χ4n) is 2.83. The van der Waals surface area contributed by atoms with Crippen molar-refractivity contribution in [3.63, 3.8) is 0 Å². The molecule has 3 rings (SSSR count). The molecular formula is C21H22ClN3OS. The topological polar surface area (TPSA) is 38.1 Å². The van der Waals surface area contributed by atoms with E-state index in [1.165, 1.54) is 5.56 Å². The van der Waals surface area contributed by atoms with Crippen molar-refractivity contribution in [2.75, 3.05) is 12.8 Å². The molecule has 1 atom stereocenters. The molecule has 0 bridgehead atoms. The van der Waals surface area contributed by atoms with Gasteiger partial charge in [-0.2, -0.15) is 5.10 Å². The summed E-state index contributed by atoms with van der Waals surface area (Å²) in [5, 5.41) is 4.95. The molecule has 6 heteroatoms. The summed E-state index contributed by atoms with van der Waals surface area (Å²) < 4.78 is 1.74. The standard InChI is InChI=1S/C21H22ClN3OS/c1-24(13-16-12-23-25(2)14-16)20(26)15-27-21(17-6-4-3-5-7-17)18-8-10-19(22)11-9-18/h3-12,14,21H,13,15H2,1-2H3/t21-/m1/s1. The Balaban J connectivity index is 1.68. The molecule has 0 saturated carbocycles. The molecular weight excluding hydrogens is 378 g/mol. The van der Waals surface area contributed by atoms with E-state index in [1.807, 2.05) is 62.8 Å². The summed E-state index contributed by atoms with van der Waals surface area (Å²) >= 11 is 7.67. The summed E-state index contributed by atoms with van der Waals surface area (Å²) in [5.74, 6) is 0.498. The quantitative estimate of drug-likeness (QED) is 0.584. The molecule has 0 aliphatic carbocycles. The molecule has 0 aliphatic heterocycles. The van der Waals surface area contributed by atoms with Crippen molar-refractivity contribution in [3.8, 4) is 0 Å². The van der Waals surface area contributed by atoms with Gasteiger partial charge in [-0.3, -0.25) is 9.48 Å². The average Bonchev–Trinajstić information content (AvgIpc) is 3.08. The Bertz CT molecular complexity index is 880. The highest BCUT2D eigenvalue weighted by Crippen LogP contribution is 2.36. The molecule has 140 valence electrons. The van der Waals surface area contributed by atoms with Gasteiger partial charge in [0.25, 0.3) is 0 Å². The summed E-state index contributed by atoms with van der Waals surface area (Å²) in [4.78, 5) is 14.4. The molecule has 0 fully saturated rings. The largest absolute Gasteiger partial charge is 0.341 e. The lowest BCUT2D eigenvalue weighted by Gasteiger charge is -2.20. The predicted octanol–water partition coefficient (Wildman–Crippen LogP) is 4.55. The van der Waals surface area contributed by atoms with Gasteiger partial charge in [0, 0.05) is 37.4 Å². The van der Waals surface area contributed by atoms with Crippen LogP contribution < -0.4 is 0 Å². The molecule has 4 nitrogen and oxygen atoms in total. The fourth-order valence-corrected chi connectivity index (χ4v) is 4.19. The number of hydrogen-bond acceptors (Lipinski definition) is 3. The SMILES string of the molecule is CN(Cc1cnn(C)c1)C(=O)CS[C@H](c1ccccc1)c1ccc(Cl)cc1. The lowest BCUT2D eigenvalue weighted by Crippen LogP contribution is -2.28. The van der Waals surface area contributed by atoms with E-state index in [1.54, 1.807) is 27.5 Å². The van der Waals surface area contributed by atoms with Crippen molar-refractivity contribution >= 4 is 29.3 Å². The smallest absolute Gasteiger partial charge is 0.232 e. The molecule has 1 aromatic heterocycles. The molecule has 1 heterocycles. The molecule has 3 aromatic rings. The van der Waals surface area contributed by atoms with Crippen LogP contribution in [-0.4, -0.2) is 33.4 Å². The number of nitrogens with zero attached hydrogens (tertiary/aromatic N) is 3. The van der Waals surface area contributed by atoms with Crippen LogP contribution in [0.15, 0.2) is 67.0 Å². The van der Waals surface area contributed by atoms with Crippen LogP contribution in [-0.2, 0) is 18.4 Å². The number of carbonyl (C=O) groups is 1. The average molecular weight is 400 g/mol. The Labute approximate surface area is 169 Å². The molecule has 0 saturated heterocycles. The number of amides is 1. The van der Waals surface area contributed by atoms with Gasteiger partial charge in [-0.25, -0.2) is 0 Å². The molecule has 0 unspecified atom stereocenters. The summed E-state index contributed by atoms with van der Waals surface area (Å²) in [6, 6.07) is 18.1.